The fourth-order valence-corrected chi connectivity index (χ4v) is 6.74. The summed E-state index contributed by atoms with van der Waals surface area (Å²) >= 11 is 12.5. The zero-order valence-electron chi connectivity index (χ0n) is 26.0. The summed E-state index contributed by atoms with van der Waals surface area (Å²) in [5.74, 6) is -0.679. The highest BCUT2D eigenvalue weighted by atomic mass is 35.5. The van der Waals surface area contributed by atoms with E-state index in [1.807, 2.05) is 44.2 Å². The van der Waals surface area contributed by atoms with Crippen molar-refractivity contribution >= 4 is 50.7 Å². The van der Waals surface area contributed by atoms with E-state index in [0.717, 1.165) is 15.4 Å². The molecule has 8 nitrogen and oxygen atoms in total. The van der Waals surface area contributed by atoms with Crippen LogP contribution in [0.5, 0.6) is 5.75 Å². The van der Waals surface area contributed by atoms with Crippen molar-refractivity contribution in [2.45, 2.75) is 44.2 Å². The number of nitrogens with one attached hydrogen (secondary N) is 1. The molecule has 4 aromatic rings. The molecule has 0 saturated heterocycles. The number of hydrogen-bond acceptors (Lipinski definition) is 5. The molecule has 0 bridgehead atoms. The monoisotopic (exact) mass is 681 g/mol. The van der Waals surface area contributed by atoms with E-state index in [1.165, 1.54) is 24.1 Å². The van der Waals surface area contributed by atoms with Crippen LogP contribution >= 0.6 is 23.2 Å². The second-order valence-electron chi connectivity index (χ2n) is 10.8. The first-order chi connectivity index (χ1) is 22.0. The molecule has 4 rings (SSSR count). The van der Waals surface area contributed by atoms with Gasteiger partial charge in [0.05, 0.1) is 27.7 Å². The first-order valence-corrected chi connectivity index (χ1v) is 17.0. The lowest BCUT2D eigenvalue weighted by molar-refractivity contribution is -0.140. The number of carbonyl (C=O) groups is 2. The molecule has 0 aliphatic rings. The maximum Gasteiger partial charge on any atom is 0.264 e. The first kappa shape index (κ1) is 34.8. The summed E-state index contributed by atoms with van der Waals surface area (Å²) < 4.78 is 35.1. The molecule has 4 aromatic carbocycles. The average Bonchev–Trinajstić information content (AvgIpc) is 3.06. The van der Waals surface area contributed by atoms with Gasteiger partial charge in [-0.15, -0.1) is 0 Å². The third kappa shape index (κ3) is 8.60. The Hall–Kier alpha value is -4.05. The quantitative estimate of drug-likeness (QED) is 0.160. The number of methoxy groups -OCH3 is 1. The lowest BCUT2D eigenvalue weighted by Crippen LogP contribution is -2.53. The summed E-state index contributed by atoms with van der Waals surface area (Å²) in [6.45, 7) is 3.53. The number of sulfonamides is 1. The Morgan fingerprint density at radius 1 is 0.870 bits per heavy atom. The van der Waals surface area contributed by atoms with Gasteiger partial charge in [-0.3, -0.25) is 13.9 Å². The van der Waals surface area contributed by atoms with Crippen molar-refractivity contribution in [1.82, 2.24) is 10.2 Å². The molecule has 0 radical (unpaired) electrons. The number of nitrogens with zero attached hydrogens (tertiary/aromatic N) is 2. The third-order valence-electron chi connectivity index (χ3n) is 7.37. The number of benzene rings is 4. The minimum atomic E-state index is -4.27. The van der Waals surface area contributed by atoms with Gasteiger partial charge >= 0.3 is 0 Å². The van der Waals surface area contributed by atoms with Crippen LogP contribution in [0.25, 0.3) is 0 Å². The van der Waals surface area contributed by atoms with E-state index < -0.39 is 28.5 Å². The summed E-state index contributed by atoms with van der Waals surface area (Å²) in [5, 5.41) is 3.56. The van der Waals surface area contributed by atoms with Crippen LogP contribution in [0.2, 0.25) is 10.0 Å². The molecular formula is C35H37Cl2N3O5S. The van der Waals surface area contributed by atoms with Crippen LogP contribution < -0.4 is 14.4 Å². The van der Waals surface area contributed by atoms with Gasteiger partial charge in [-0.2, -0.15) is 0 Å². The van der Waals surface area contributed by atoms with Gasteiger partial charge in [0.25, 0.3) is 10.0 Å². The van der Waals surface area contributed by atoms with Gasteiger partial charge in [-0.25, -0.2) is 8.42 Å². The maximum absolute atomic E-state index is 14.6. The Kier molecular flexibility index (Phi) is 12.1. The molecule has 0 saturated carbocycles. The molecule has 2 amide bonds. The van der Waals surface area contributed by atoms with Gasteiger partial charge in [0.1, 0.15) is 18.3 Å². The van der Waals surface area contributed by atoms with Gasteiger partial charge < -0.3 is 15.0 Å². The van der Waals surface area contributed by atoms with Gasteiger partial charge in [0.15, 0.2) is 0 Å². The second-order valence-corrected chi connectivity index (χ2v) is 13.4. The van der Waals surface area contributed by atoms with E-state index in [2.05, 4.69) is 5.32 Å². The summed E-state index contributed by atoms with van der Waals surface area (Å²) in [6, 6.07) is 26.4. The minimum absolute atomic E-state index is 0.00363. The van der Waals surface area contributed by atoms with Crippen molar-refractivity contribution in [3.63, 3.8) is 0 Å². The Morgan fingerprint density at radius 2 is 1.54 bits per heavy atom. The highest BCUT2D eigenvalue weighted by Gasteiger charge is 2.35. The van der Waals surface area contributed by atoms with E-state index in [1.54, 1.807) is 54.6 Å². The van der Waals surface area contributed by atoms with Crippen LogP contribution in [-0.2, 0) is 32.6 Å². The molecule has 242 valence electrons. The van der Waals surface area contributed by atoms with Crippen molar-refractivity contribution in [2.75, 3.05) is 24.5 Å². The van der Waals surface area contributed by atoms with Crippen LogP contribution in [0.1, 0.15) is 30.0 Å². The molecule has 0 fully saturated rings. The molecule has 0 aliphatic carbocycles. The van der Waals surface area contributed by atoms with Gasteiger partial charge in [-0.1, -0.05) is 90.8 Å². The molecule has 0 heterocycles. The maximum atomic E-state index is 14.6. The molecule has 11 heteroatoms. The largest absolute Gasteiger partial charge is 0.495 e. The molecular weight excluding hydrogens is 645 g/mol. The Labute approximate surface area is 280 Å². The number of anilines is 1. The zero-order chi connectivity index (χ0) is 33.3. The number of carbonyl (C=O) groups excluding carboxylic acids is 2. The topological polar surface area (TPSA) is 96.0 Å². The third-order valence-corrected chi connectivity index (χ3v) is 9.88. The van der Waals surface area contributed by atoms with Crippen LogP contribution in [0.15, 0.2) is 102 Å². The minimum Gasteiger partial charge on any atom is -0.495 e. The number of ether oxygens (including phenoxy) is 1. The van der Waals surface area contributed by atoms with Gasteiger partial charge in [0.2, 0.25) is 11.8 Å². The van der Waals surface area contributed by atoms with Crippen molar-refractivity contribution < 1.29 is 22.7 Å². The van der Waals surface area contributed by atoms with E-state index in [-0.39, 0.29) is 35.2 Å². The molecule has 46 heavy (non-hydrogen) atoms. The molecule has 1 N–H and O–H groups in total. The van der Waals surface area contributed by atoms with Crippen molar-refractivity contribution in [3.05, 3.63) is 124 Å². The Bertz CT molecular complexity index is 1760. The van der Waals surface area contributed by atoms with Gasteiger partial charge in [-0.05, 0) is 66.4 Å². The van der Waals surface area contributed by atoms with Crippen LogP contribution in [-0.4, -0.2) is 51.4 Å². The molecule has 0 unspecified atom stereocenters. The smallest absolute Gasteiger partial charge is 0.264 e. The summed E-state index contributed by atoms with van der Waals surface area (Å²) in [6.07, 6.45) is 0.892. The number of hydrogen-bond donors (Lipinski definition) is 1. The molecule has 0 spiro atoms. The molecule has 0 aliphatic heterocycles. The molecule has 1 atom stereocenters. The van der Waals surface area contributed by atoms with Crippen LogP contribution in [0.3, 0.4) is 0 Å². The van der Waals surface area contributed by atoms with Crippen LogP contribution in [0.4, 0.5) is 5.69 Å². The van der Waals surface area contributed by atoms with Crippen molar-refractivity contribution in [2.24, 2.45) is 0 Å². The Balaban J connectivity index is 1.85. The van der Waals surface area contributed by atoms with Gasteiger partial charge in [0, 0.05) is 19.5 Å². The highest BCUT2D eigenvalue weighted by molar-refractivity contribution is 7.92. The van der Waals surface area contributed by atoms with E-state index in [4.69, 9.17) is 27.9 Å². The lowest BCUT2D eigenvalue weighted by Gasteiger charge is -2.34. The number of aryl methyl sites for hydroxylation is 1. The summed E-state index contributed by atoms with van der Waals surface area (Å²) in [4.78, 5) is 29.8. The van der Waals surface area contributed by atoms with Crippen molar-refractivity contribution in [3.8, 4) is 5.75 Å². The first-order valence-electron chi connectivity index (χ1n) is 14.8. The van der Waals surface area contributed by atoms with E-state index in [0.29, 0.717) is 28.6 Å². The second kappa shape index (κ2) is 16.0. The lowest BCUT2D eigenvalue weighted by atomic mass is 10.0. The number of amides is 2. The predicted molar refractivity (Wildman–Crippen MR) is 183 cm³/mol. The number of halogens is 2. The van der Waals surface area contributed by atoms with Crippen molar-refractivity contribution in [1.29, 1.82) is 0 Å². The fraction of sp³-hybridized carbons (Fsp3) is 0.257. The average molecular weight is 683 g/mol. The van der Waals surface area contributed by atoms with Crippen LogP contribution in [0, 0.1) is 6.92 Å². The summed E-state index contributed by atoms with van der Waals surface area (Å²) in [7, 11) is -2.83. The van der Waals surface area contributed by atoms with E-state index >= 15 is 0 Å². The SMILES string of the molecule is CCCNC(=O)[C@H](Cc1ccccc1)N(Cc1ccc(Cl)c(Cl)c1)C(=O)CN(c1cc(C)ccc1OC)S(=O)(=O)c1ccccc1. The zero-order valence-corrected chi connectivity index (χ0v) is 28.3. The molecule has 0 aromatic heterocycles. The highest BCUT2D eigenvalue weighted by Crippen LogP contribution is 2.34. The number of rotatable bonds is 14. The normalized spacial score (nSPS) is 11.8. The fourth-order valence-electron chi connectivity index (χ4n) is 4.98. The predicted octanol–water partition coefficient (Wildman–Crippen LogP) is 6.67. The standard InChI is InChI=1S/C35H37Cl2N3O5S/c1-4-19-38-35(42)32(22-26-11-7-5-8-12-26)39(23-27-16-17-29(36)30(37)21-27)34(41)24-40(31-20-25(2)15-18-33(31)45-3)46(43,44)28-13-9-6-10-14-28/h5-18,20-21,32H,4,19,22-24H2,1-3H3,(H,38,42)/t32-/m0/s1. The summed E-state index contributed by atoms with van der Waals surface area (Å²) in [5.41, 5.74) is 2.42. The van der Waals surface area contributed by atoms with E-state index in [9.17, 15) is 18.0 Å². The Morgan fingerprint density at radius 3 is 2.17 bits per heavy atom.